The Morgan fingerprint density at radius 2 is 2.15 bits per heavy atom. The van der Waals surface area contributed by atoms with Gasteiger partial charge in [0.2, 0.25) is 0 Å². The SMILES string of the molecule is CCSCCC(C)NC(=O)c1nc(C(C)C)ncc1N. The summed E-state index contributed by atoms with van der Waals surface area (Å²) in [4.78, 5) is 20.6. The molecule has 5 nitrogen and oxygen atoms in total. The summed E-state index contributed by atoms with van der Waals surface area (Å²) >= 11 is 1.87. The number of nitrogens with zero attached hydrogens (tertiary/aromatic N) is 2. The highest BCUT2D eigenvalue weighted by atomic mass is 32.2. The van der Waals surface area contributed by atoms with Gasteiger partial charge >= 0.3 is 0 Å². The lowest BCUT2D eigenvalue weighted by Crippen LogP contribution is -2.34. The van der Waals surface area contributed by atoms with Crippen molar-refractivity contribution in [1.29, 1.82) is 0 Å². The molecule has 0 aromatic carbocycles. The van der Waals surface area contributed by atoms with Gasteiger partial charge in [-0.15, -0.1) is 0 Å². The first-order valence-corrected chi connectivity index (χ1v) is 8.12. The maximum atomic E-state index is 12.2. The molecule has 1 rings (SSSR count). The summed E-state index contributed by atoms with van der Waals surface area (Å²) in [6.07, 6.45) is 2.45. The van der Waals surface area contributed by atoms with Crippen molar-refractivity contribution in [1.82, 2.24) is 15.3 Å². The van der Waals surface area contributed by atoms with Gasteiger partial charge in [0.1, 0.15) is 5.82 Å². The smallest absolute Gasteiger partial charge is 0.272 e. The van der Waals surface area contributed by atoms with Gasteiger partial charge in [0.25, 0.3) is 5.91 Å². The van der Waals surface area contributed by atoms with Crippen molar-refractivity contribution in [2.45, 2.75) is 46.1 Å². The molecule has 0 radical (unpaired) electrons. The predicted octanol–water partition coefficient (Wildman–Crippen LogP) is 2.44. The van der Waals surface area contributed by atoms with E-state index in [0.29, 0.717) is 11.5 Å². The number of amides is 1. The molecule has 1 heterocycles. The number of carbonyl (C=O) groups is 1. The number of hydrogen-bond acceptors (Lipinski definition) is 5. The lowest BCUT2D eigenvalue weighted by atomic mass is 10.2. The van der Waals surface area contributed by atoms with E-state index in [1.54, 1.807) is 0 Å². The second-order valence-corrected chi connectivity index (χ2v) is 6.44. The van der Waals surface area contributed by atoms with Crippen LogP contribution < -0.4 is 11.1 Å². The molecule has 6 heteroatoms. The summed E-state index contributed by atoms with van der Waals surface area (Å²) in [6, 6.07) is 0.110. The molecule has 0 aliphatic carbocycles. The van der Waals surface area contributed by atoms with Crippen LogP contribution in [-0.4, -0.2) is 33.4 Å². The first-order valence-electron chi connectivity index (χ1n) is 6.96. The molecule has 0 aliphatic rings. The van der Waals surface area contributed by atoms with Gasteiger partial charge in [-0.1, -0.05) is 20.8 Å². The molecular formula is C14H24N4OS. The molecule has 1 atom stereocenters. The van der Waals surface area contributed by atoms with Crippen molar-refractivity contribution >= 4 is 23.4 Å². The van der Waals surface area contributed by atoms with Crippen LogP contribution in [0.4, 0.5) is 5.69 Å². The maximum absolute atomic E-state index is 12.2. The van der Waals surface area contributed by atoms with Gasteiger partial charge in [0.05, 0.1) is 11.9 Å². The van der Waals surface area contributed by atoms with E-state index in [0.717, 1.165) is 17.9 Å². The lowest BCUT2D eigenvalue weighted by Gasteiger charge is -2.14. The van der Waals surface area contributed by atoms with Crippen molar-refractivity contribution in [2.75, 3.05) is 17.2 Å². The van der Waals surface area contributed by atoms with Gasteiger partial charge in [-0.3, -0.25) is 4.79 Å². The first kappa shape index (κ1) is 16.8. The Hall–Kier alpha value is -1.30. The highest BCUT2D eigenvalue weighted by Gasteiger charge is 2.16. The Labute approximate surface area is 125 Å². The second-order valence-electron chi connectivity index (χ2n) is 5.05. The molecular weight excluding hydrogens is 272 g/mol. The number of thioether (sulfide) groups is 1. The average molecular weight is 296 g/mol. The zero-order valence-corrected chi connectivity index (χ0v) is 13.5. The van der Waals surface area contributed by atoms with Gasteiger partial charge in [0.15, 0.2) is 5.69 Å². The van der Waals surface area contributed by atoms with Crippen LogP contribution in [0.15, 0.2) is 6.20 Å². The standard InChI is InChI=1S/C14H24N4OS/c1-5-20-7-6-10(4)17-14(19)12-11(15)8-16-13(18-12)9(2)3/h8-10H,5-7,15H2,1-4H3,(H,17,19). The van der Waals surface area contributed by atoms with E-state index in [-0.39, 0.29) is 23.6 Å². The summed E-state index contributed by atoms with van der Waals surface area (Å²) in [5.74, 6) is 2.71. The van der Waals surface area contributed by atoms with Crippen LogP contribution in [0.5, 0.6) is 0 Å². The number of anilines is 1. The number of nitrogen functional groups attached to an aromatic ring is 1. The first-order chi connectivity index (χ1) is 9.45. The van der Waals surface area contributed by atoms with Crippen molar-refractivity contribution < 1.29 is 4.79 Å². The van der Waals surface area contributed by atoms with Crippen LogP contribution in [0, 0.1) is 0 Å². The number of hydrogen-bond donors (Lipinski definition) is 2. The molecule has 0 aliphatic heterocycles. The van der Waals surface area contributed by atoms with Gasteiger partial charge in [-0.05, 0) is 24.9 Å². The molecule has 3 N–H and O–H groups in total. The minimum Gasteiger partial charge on any atom is -0.396 e. The molecule has 0 fully saturated rings. The summed E-state index contributed by atoms with van der Waals surface area (Å²) in [6.45, 7) is 8.09. The Balaban J connectivity index is 2.69. The van der Waals surface area contributed by atoms with E-state index in [2.05, 4.69) is 22.2 Å². The molecule has 1 amide bonds. The van der Waals surface area contributed by atoms with E-state index in [1.165, 1.54) is 6.20 Å². The van der Waals surface area contributed by atoms with Gasteiger partial charge in [-0.25, -0.2) is 9.97 Å². The fraction of sp³-hybridized carbons (Fsp3) is 0.643. The van der Waals surface area contributed by atoms with Crippen molar-refractivity contribution in [2.24, 2.45) is 0 Å². The monoisotopic (exact) mass is 296 g/mol. The Morgan fingerprint density at radius 3 is 2.75 bits per heavy atom. The van der Waals surface area contributed by atoms with Crippen LogP contribution in [-0.2, 0) is 0 Å². The normalized spacial score (nSPS) is 12.4. The van der Waals surface area contributed by atoms with Crippen LogP contribution in [0.1, 0.15) is 56.3 Å². The zero-order chi connectivity index (χ0) is 15.1. The number of carbonyl (C=O) groups excluding carboxylic acids is 1. The highest BCUT2D eigenvalue weighted by molar-refractivity contribution is 7.99. The summed E-state index contributed by atoms with van der Waals surface area (Å²) in [7, 11) is 0. The Bertz CT molecular complexity index is 451. The fourth-order valence-electron chi connectivity index (χ4n) is 1.63. The third-order valence-corrected chi connectivity index (χ3v) is 3.78. The number of nitrogens with one attached hydrogen (secondary N) is 1. The van der Waals surface area contributed by atoms with Crippen LogP contribution in [0.3, 0.4) is 0 Å². The van der Waals surface area contributed by atoms with Crippen molar-refractivity contribution in [3.8, 4) is 0 Å². The predicted molar refractivity (Wildman–Crippen MR) is 85.1 cm³/mol. The molecule has 1 aromatic rings. The topological polar surface area (TPSA) is 80.9 Å². The van der Waals surface area contributed by atoms with Crippen LogP contribution in [0.25, 0.3) is 0 Å². The molecule has 0 spiro atoms. The van der Waals surface area contributed by atoms with E-state index in [1.807, 2.05) is 32.5 Å². The van der Waals surface area contributed by atoms with Crippen molar-refractivity contribution in [3.63, 3.8) is 0 Å². The molecule has 0 saturated heterocycles. The highest BCUT2D eigenvalue weighted by Crippen LogP contribution is 2.14. The quantitative estimate of drug-likeness (QED) is 0.755. The largest absolute Gasteiger partial charge is 0.396 e. The van der Waals surface area contributed by atoms with Crippen LogP contribution in [0.2, 0.25) is 0 Å². The third-order valence-electron chi connectivity index (χ3n) is 2.84. The summed E-state index contributed by atoms with van der Waals surface area (Å²) < 4.78 is 0. The Morgan fingerprint density at radius 1 is 1.45 bits per heavy atom. The number of nitrogens with two attached hydrogens (primary N) is 1. The molecule has 112 valence electrons. The fourth-order valence-corrected chi connectivity index (χ4v) is 2.44. The van der Waals surface area contributed by atoms with Gasteiger partial charge in [-0.2, -0.15) is 11.8 Å². The van der Waals surface area contributed by atoms with Gasteiger partial charge < -0.3 is 11.1 Å². The Kier molecular flexibility index (Phi) is 6.78. The molecule has 1 unspecified atom stereocenters. The molecule has 0 bridgehead atoms. The van der Waals surface area contributed by atoms with Gasteiger partial charge in [0, 0.05) is 12.0 Å². The third kappa shape index (κ3) is 5.00. The minimum absolute atomic E-state index is 0.110. The van der Waals surface area contributed by atoms with Crippen molar-refractivity contribution in [3.05, 3.63) is 17.7 Å². The van der Waals surface area contributed by atoms with E-state index < -0.39 is 0 Å². The zero-order valence-electron chi connectivity index (χ0n) is 12.6. The van der Waals surface area contributed by atoms with E-state index >= 15 is 0 Å². The summed E-state index contributed by atoms with van der Waals surface area (Å²) in [5, 5.41) is 2.94. The maximum Gasteiger partial charge on any atom is 0.272 e. The average Bonchev–Trinajstić information content (AvgIpc) is 2.39. The molecule has 0 saturated carbocycles. The van der Waals surface area contributed by atoms with E-state index in [9.17, 15) is 4.79 Å². The minimum atomic E-state index is -0.221. The summed E-state index contributed by atoms with van der Waals surface area (Å²) in [5.41, 5.74) is 6.40. The molecule has 1 aromatic heterocycles. The number of rotatable bonds is 7. The number of aromatic nitrogens is 2. The van der Waals surface area contributed by atoms with Crippen LogP contribution >= 0.6 is 11.8 Å². The van der Waals surface area contributed by atoms with E-state index in [4.69, 9.17) is 5.73 Å². The second kappa shape index (κ2) is 8.09. The molecule has 20 heavy (non-hydrogen) atoms. The lowest BCUT2D eigenvalue weighted by molar-refractivity contribution is 0.0935.